The molecule has 0 amide bonds. The fourth-order valence-electron chi connectivity index (χ4n) is 10.00. The molecule has 0 aromatic rings. The standard InChI is InChI=1S/C62H120O8S/c1-4-7-10-13-16-19-22-25-28-31-34-37-40-43-46-49-59(67)71(53-52-58(66)70-57-62(54-63,55-64)56-65,60(68)50-47-44-41-38-35-32-29-26-23-20-17-14-11-8-5-2)61(69)51-48-45-42-39-36-33-30-27-24-21-18-15-12-9-6-3/h63-65H,4-57H2,1-3H3. The maximum absolute atomic E-state index is 14.6. The molecule has 0 aliphatic carbocycles. The molecule has 0 heterocycles. The quantitative estimate of drug-likeness (QED) is 0.0404. The smallest absolute Gasteiger partial charge is 0.306 e. The number of rotatable bonds is 56. The van der Waals surface area contributed by atoms with Crippen LogP contribution < -0.4 is 0 Å². The van der Waals surface area contributed by atoms with Crippen LogP contribution in [0.25, 0.3) is 0 Å². The van der Waals surface area contributed by atoms with Crippen molar-refractivity contribution in [1.29, 1.82) is 0 Å². The molecule has 0 saturated carbocycles. The highest BCUT2D eigenvalue weighted by Gasteiger charge is 2.45. The summed E-state index contributed by atoms with van der Waals surface area (Å²) in [5, 5.41) is 28.7. The molecule has 0 aliphatic heterocycles. The molecule has 0 spiro atoms. The Bertz CT molecular complexity index is 1080. The summed E-state index contributed by atoms with van der Waals surface area (Å²) in [5.74, 6) is -0.830. The van der Waals surface area contributed by atoms with Crippen LogP contribution in [-0.4, -0.2) is 68.8 Å². The summed E-state index contributed by atoms with van der Waals surface area (Å²) in [5.41, 5.74) is -1.39. The van der Waals surface area contributed by atoms with Gasteiger partial charge in [-0.3, -0.25) is 19.2 Å². The molecule has 0 bridgehead atoms. The topological polar surface area (TPSA) is 138 Å². The van der Waals surface area contributed by atoms with Crippen LogP contribution >= 0.6 is 10.0 Å². The first-order chi connectivity index (χ1) is 34.7. The second-order valence-corrected chi connectivity index (χ2v) is 25.3. The Labute approximate surface area is 441 Å². The van der Waals surface area contributed by atoms with Crippen molar-refractivity contribution < 1.29 is 39.2 Å². The Kier molecular flexibility index (Phi) is 51.2. The van der Waals surface area contributed by atoms with E-state index in [1.807, 2.05) is 0 Å². The number of aliphatic hydroxyl groups is 3. The van der Waals surface area contributed by atoms with Crippen LogP contribution in [0.2, 0.25) is 0 Å². The van der Waals surface area contributed by atoms with E-state index in [-0.39, 0.29) is 46.8 Å². The van der Waals surface area contributed by atoms with Crippen LogP contribution in [0.15, 0.2) is 0 Å². The summed E-state index contributed by atoms with van der Waals surface area (Å²) in [6.45, 7) is 4.67. The van der Waals surface area contributed by atoms with E-state index in [0.717, 1.165) is 57.8 Å². The molecule has 0 aromatic heterocycles. The van der Waals surface area contributed by atoms with Crippen LogP contribution in [0, 0.1) is 5.41 Å². The van der Waals surface area contributed by atoms with E-state index in [1.165, 1.54) is 212 Å². The van der Waals surface area contributed by atoms with Crippen molar-refractivity contribution >= 4 is 31.3 Å². The van der Waals surface area contributed by atoms with Crippen molar-refractivity contribution in [3.8, 4) is 0 Å². The van der Waals surface area contributed by atoms with Crippen molar-refractivity contribution in [3.05, 3.63) is 0 Å². The van der Waals surface area contributed by atoms with E-state index in [1.54, 1.807) is 0 Å². The minimum Gasteiger partial charge on any atom is -0.465 e. The fraction of sp³-hybridized carbons (Fsp3) is 0.935. The molecule has 0 atom stereocenters. The third kappa shape index (κ3) is 38.9. The summed E-state index contributed by atoms with van der Waals surface area (Å²) < 4.78 is 5.45. The lowest BCUT2D eigenvalue weighted by Crippen LogP contribution is -2.39. The molecule has 9 heteroatoms. The molecular weight excluding hydrogens is 905 g/mol. The summed E-state index contributed by atoms with van der Waals surface area (Å²) in [6.07, 6.45) is 54.7. The molecule has 0 aromatic carbocycles. The van der Waals surface area contributed by atoms with Crippen molar-refractivity contribution in [2.45, 2.75) is 335 Å². The first kappa shape index (κ1) is 69.7. The highest BCUT2D eigenvalue weighted by molar-refractivity contribution is 8.65. The monoisotopic (exact) mass is 1020 g/mol. The summed E-state index contributed by atoms with van der Waals surface area (Å²) in [6, 6.07) is 0. The SMILES string of the molecule is CCCCCCCCCCCCCCCCCC(=O)S(CCC(=O)OCC(CO)(CO)CO)(C(=O)CCCCCCCCCCCCCCCCC)C(=O)CCCCCCCCCCCCCCCCC. The Morgan fingerprint density at radius 3 is 0.704 bits per heavy atom. The Morgan fingerprint density at radius 2 is 0.507 bits per heavy atom. The first-order valence-corrected chi connectivity index (χ1v) is 32.9. The van der Waals surface area contributed by atoms with Gasteiger partial charge in [-0.1, -0.05) is 300 Å². The average molecular weight is 1030 g/mol. The number of aliphatic hydroxyl groups excluding tert-OH is 3. The van der Waals surface area contributed by atoms with Gasteiger partial charge in [-0.05, 0) is 19.3 Å². The normalized spacial score (nSPS) is 12.2. The predicted octanol–water partition coefficient (Wildman–Crippen LogP) is 18.1. The molecule has 3 N–H and O–H groups in total. The van der Waals surface area contributed by atoms with Crippen molar-refractivity contribution in [2.75, 3.05) is 32.2 Å². The van der Waals surface area contributed by atoms with Gasteiger partial charge in [0.25, 0.3) is 0 Å². The maximum Gasteiger partial charge on any atom is 0.306 e. The van der Waals surface area contributed by atoms with Crippen molar-refractivity contribution in [3.63, 3.8) is 0 Å². The number of esters is 1. The summed E-state index contributed by atoms with van der Waals surface area (Å²) in [4.78, 5) is 57.1. The lowest BCUT2D eigenvalue weighted by Gasteiger charge is -2.35. The van der Waals surface area contributed by atoms with Gasteiger partial charge in [0.1, 0.15) is 6.61 Å². The predicted molar refractivity (Wildman–Crippen MR) is 305 cm³/mol. The van der Waals surface area contributed by atoms with Gasteiger partial charge < -0.3 is 20.1 Å². The zero-order chi connectivity index (χ0) is 52.2. The third-order valence-electron chi connectivity index (χ3n) is 15.3. The van der Waals surface area contributed by atoms with Gasteiger partial charge >= 0.3 is 5.97 Å². The number of carbonyl (C=O) groups excluding carboxylic acids is 4. The van der Waals surface area contributed by atoms with Gasteiger partial charge in [-0.25, -0.2) is 0 Å². The van der Waals surface area contributed by atoms with E-state index in [2.05, 4.69) is 20.8 Å². The second-order valence-electron chi connectivity index (χ2n) is 22.0. The molecular formula is C62H120O8S. The van der Waals surface area contributed by atoms with Gasteiger partial charge in [0, 0.05) is 25.0 Å². The van der Waals surface area contributed by atoms with E-state index in [9.17, 15) is 34.5 Å². The van der Waals surface area contributed by atoms with E-state index < -0.39 is 47.8 Å². The molecule has 0 aliphatic rings. The lowest BCUT2D eigenvalue weighted by atomic mass is 9.93. The van der Waals surface area contributed by atoms with Gasteiger partial charge in [-0.15, -0.1) is 0 Å². The molecule has 0 fully saturated rings. The molecule has 422 valence electrons. The van der Waals surface area contributed by atoms with E-state index in [4.69, 9.17) is 4.74 Å². The number of ether oxygens (including phenoxy) is 1. The van der Waals surface area contributed by atoms with Crippen LogP contribution in [-0.2, 0) is 23.9 Å². The first-order valence-electron chi connectivity index (χ1n) is 31.1. The summed E-state index contributed by atoms with van der Waals surface area (Å²) in [7, 11) is -3.12. The molecule has 0 unspecified atom stereocenters. The zero-order valence-corrected chi connectivity index (χ0v) is 48.3. The molecule has 0 radical (unpaired) electrons. The molecule has 8 nitrogen and oxygen atoms in total. The van der Waals surface area contributed by atoms with Gasteiger partial charge in [0.2, 0.25) is 0 Å². The van der Waals surface area contributed by atoms with Gasteiger partial charge in [0.05, 0.1) is 31.7 Å². The fourth-order valence-corrected chi connectivity index (χ4v) is 13.4. The minimum absolute atomic E-state index is 0.136. The number of hydrogen-bond acceptors (Lipinski definition) is 8. The van der Waals surface area contributed by atoms with E-state index in [0.29, 0.717) is 19.3 Å². The minimum atomic E-state index is -3.12. The largest absolute Gasteiger partial charge is 0.465 e. The molecule has 71 heavy (non-hydrogen) atoms. The maximum atomic E-state index is 14.6. The van der Waals surface area contributed by atoms with Gasteiger partial charge in [-0.2, -0.15) is 0 Å². The highest BCUT2D eigenvalue weighted by atomic mass is 32.3. The Hall–Kier alpha value is -1.29. The van der Waals surface area contributed by atoms with Crippen LogP contribution in [0.5, 0.6) is 0 Å². The van der Waals surface area contributed by atoms with Crippen LogP contribution in [0.4, 0.5) is 0 Å². The summed E-state index contributed by atoms with van der Waals surface area (Å²) >= 11 is 0. The zero-order valence-electron chi connectivity index (χ0n) is 47.5. The molecule has 0 saturated heterocycles. The highest BCUT2D eigenvalue weighted by Crippen LogP contribution is 2.55. The van der Waals surface area contributed by atoms with Crippen LogP contribution in [0.1, 0.15) is 335 Å². The van der Waals surface area contributed by atoms with Crippen LogP contribution in [0.3, 0.4) is 0 Å². The number of hydrogen-bond donors (Lipinski definition) is 3. The van der Waals surface area contributed by atoms with Crippen molar-refractivity contribution in [2.24, 2.45) is 5.41 Å². The third-order valence-corrected chi connectivity index (χ3v) is 19.0. The lowest BCUT2D eigenvalue weighted by molar-refractivity contribution is -0.150. The Morgan fingerprint density at radius 1 is 0.310 bits per heavy atom. The van der Waals surface area contributed by atoms with E-state index >= 15 is 0 Å². The number of carbonyl (C=O) groups is 4. The molecule has 0 rings (SSSR count). The number of unbranched alkanes of at least 4 members (excludes halogenated alkanes) is 42. The average Bonchev–Trinajstić information content (AvgIpc) is 3.38. The van der Waals surface area contributed by atoms with Crippen molar-refractivity contribution in [1.82, 2.24) is 0 Å². The second kappa shape index (κ2) is 52.2. The Balaban J connectivity index is 5.53. The van der Waals surface area contributed by atoms with Gasteiger partial charge in [0.15, 0.2) is 15.3 Å².